The number of nitrogens with zero attached hydrogens (tertiary/aromatic N) is 1. The molecule has 3 rings (SSSR count). The van der Waals surface area contributed by atoms with Gasteiger partial charge in [0.1, 0.15) is 5.75 Å². The molecule has 2 saturated heterocycles. The predicted octanol–water partition coefficient (Wildman–Crippen LogP) is 1.31. The lowest BCUT2D eigenvalue weighted by molar-refractivity contribution is -0.190. The van der Waals surface area contributed by atoms with Crippen LogP contribution in [-0.4, -0.2) is 42.1 Å². The molecule has 0 bridgehead atoms. The molecule has 2 heterocycles. The Morgan fingerprint density at radius 2 is 2.11 bits per heavy atom. The van der Waals surface area contributed by atoms with E-state index >= 15 is 0 Å². The second-order valence-corrected chi connectivity index (χ2v) is 5.31. The van der Waals surface area contributed by atoms with Crippen LogP contribution in [0, 0.1) is 0 Å². The van der Waals surface area contributed by atoms with E-state index in [0.29, 0.717) is 31.2 Å². The van der Waals surface area contributed by atoms with E-state index < -0.39 is 5.79 Å². The number of phenols is 1. The molecule has 1 aromatic rings. The zero-order valence-electron chi connectivity index (χ0n) is 11.0. The fraction of sp³-hybridized carbons (Fsp3) is 0.571. The number of piperidine rings is 1. The Balaban J connectivity index is 1.70. The Morgan fingerprint density at radius 1 is 1.32 bits per heavy atom. The van der Waals surface area contributed by atoms with Crippen LogP contribution in [-0.2, 0) is 16.0 Å². The lowest BCUT2D eigenvalue weighted by Crippen LogP contribution is -2.48. The van der Waals surface area contributed by atoms with Gasteiger partial charge in [0, 0.05) is 24.2 Å². The van der Waals surface area contributed by atoms with Crippen molar-refractivity contribution in [1.29, 1.82) is 0 Å². The number of phenolic OH excluding ortho intramolecular Hbond substituents is 1. The molecule has 0 amide bonds. The van der Waals surface area contributed by atoms with Gasteiger partial charge in [0.25, 0.3) is 0 Å². The molecule has 3 N–H and O–H groups in total. The summed E-state index contributed by atoms with van der Waals surface area (Å²) < 4.78 is 11.5. The maximum atomic E-state index is 9.88. The monoisotopic (exact) mass is 264 g/mol. The quantitative estimate of drug-likeness (QED) is 0.623. The molecular formula is C14H20N2O3. The van der Waals surface area contributed by atoms with Crippen molar-refractivity contribution in [3.63, 3.8) is 0 Å². The largest absolute Gasteiger partial charge is 0.508 e. The number of nitrogen functional groups attached to an aromatic ring is 1. The number of hydrogen-bond donors (Lipinski definition) is 2. The number of ether oxygens (including phenoxy) is 2. The first kappa shape index (κ1) is 12.7. The van der Waals surface area contributed by atoms with Gasteiger partial charge in [-0.1, -0.05) is 0 Å². The Morgan fingerprint density at radius 3 is 2.89 bits per heavy atom. The third-order valence-corrected chi connectivity index (χ3v) is 3.81. The van der Waals surface area contributed by atoms with Gasteiger partial charge in [-0.25, -0.2) is 0 Å². The number of aromatic hydroxyl groups is 1. The zero-order valence-corrected chi connectivity index (χ0v) is 11.0. The fourth-order valence-corrected chi connectivity index (χ4v) is 2.91. The summed E-state index contributed by atoms with van der Waals surface area (Å²) in [4.78, 5) is 2.25. The van der Waals surface area contributed by atoms with Crippen molar-refractivity contribution in [3.05, 3.63) is 23.8 Å². The first-order chi connectivity index (χ1) is 9.17. The summed E-state index contributed by atoms with van der Waals surface area (Å²) in [6.07, 6.45) is 2.00. The maximum absolute atomic E-state index is 9.88. The highest BCUT2D eigenvalue weighted by Gasteiger charge is 2.40. The molecule has 2 aliphatic heterocycles. The Hall–Kier alpha value is -1.30. The molecular weight excluding hydrogens is 244 g/mol. The van der Waals surface area contributed by atoms with E-state index in [1.54, 1.807) is 12.1 Å². The van der Waals surface area contributed by atoms with Gasteiger partial charge in [-0.15, -0.1) is 0 Å². The van der Waals surface area contributed by atoms with Crippen LogP contribution in [0.15, 0.2) is 18.2 Å². The van der Waals surface area contributed by atoms with Crippen LogP contribution in [0.3, 0.4) is 0 Å². The molecule has 2 aliphatic rings. The smallest absolute Gasteiger partial charge is 0.181 e. The highest BCUT2D eigenvalue weighted by atomic mass is 16.7. The number of anilines is 1. The Bertz CT molecular complexity index is 458. The zero-order chi connectivity index (χ0) is 13.3. The Labute approximate surface area is 112 Å². The predicted molar refractivity (Wildman–Crippen MR) is 71.7 cm³/mol. The molecule has 1 spiro atoms. The van der Waals surface area contributed by atoms with Crippen LogP contribution < -0.4 is 5.73 Å². The van der Waals surface area contributed by atoms with Gasteiger partial charge in [0.15, 0.2) is 5.79 Å². The number of nitrogens with two attached hydrogens (primary N) is 1. The summed E-state index contributed by atoms with van der Waals surface area (Å²) in [5, 5.41) is 9.88. The average molecular weight is 264 g/mol. The lowest BCUT2D eigenvalue weighted by atomic mass is 10.0. The van der Waals surface area contributed by atoms with E-state index in [1.165, 1.54) is 0 Å². The van der Waals surface area contributed by atoms with Crippen LogP contribution in [0.2, 0.25) is 0 Å². The topological polar surface area (TPSA) is 68.0 Å². The van der Waals surface area contributed by atoms with Crippen molar-refractivity contribution >= 4 is 5.69 Å². The second-order valence-electron chi connectivity index (χ2n) is 5.31. The number of rotatable bonds is 2. The molecule has 0 saturated carbocycles. The fourth-order valence-electron chi connectivity index (χ4n) is 2.91. The average Bonchev–Trinajstić information content (AvgIpc) is 2.82. The van der Waals surface area contributed by atoms with Gasteiger partial charge >= 0.3 is 0 Å². The molecule has 2 fully saturated rings. The van der Waals surface area contributed by atoms with Crippen LogP contribution in [0.25, 0.3) is 0 Å². The van der Waals surface area contributed by atoms with Gasteiger partial charge in [0.05, 0.1) is 19.8 Å². The van der Waals surface area contributed by atoms with E-state index in [1.807, 2.05) is 6.07 Å². The first-order valence-corrected chi connectivity index (χ1v) is 6.75. The second kappa shape index (κ2) is 5.00. The molecule has 0 atom stereocenters. The first-order valence-electron chi connectivity index (χ1n) is 6.75. The van der Waals surface area contributed by atoms with Gasteiger partial charge in [0.2, 0.25) is 0 Å². The van der Waals surface area contributed by atoms with Crippen molar-refractivity contribution in [3.8, 4) is 5.75 Å². The van der Waals surface area contributed by atoms with Crippen LogP contribution in [0.5, 0.6) is 5.75 Å². The van der Waals surface area contributed by atoms with Crippen molar-refractivity contribution < 1.29 is 14.6 Å². The Kier molecular flexibility index (Phi) is 3.35. The van der Waals surface area contributed by atoms with Crippen molar-refractivity contribution in [2.45, 2.75) is 25.2 Å². The van der Waals surface area contributed by atoms with Crippen molar-refractivity contribution in [1.82, 2.24) is 4.90 Å². The van der Waals surface area contributed by atoms with Gasteiger partial charge in [-0.3, -0.25) is 4.90 Å². The molecule has 19 heavy (non-hydrogen) atoms. The minimum absolute atomic E-state index is 0.294. The summed E-state index contributed by atoms with van der Waals surface area (Å²) in [5.41, 5.74) is 7.30. The van der Waals surface area contributed by atoms with E-state index in [2.05, 4.69) is 4.90 Å². The molecule has 1 aromatic carbocycles. The van der Waals surface area contributed by atoms with Crippen LogP contribution in [0.1, 0.15) is 18.4 Å². The van der Waals surface area contributed by atoms with Gasteiger partial charge in [-0.05, 0) is 31.2 Å². The van der Waals surface area contributed by atoms with Crippen LogP contribution in [0.4, 0.5) is 5.69 Å². The molecule has 0 aromatic heterocycles. The van der Waals surface area contributed by atoms with Crippen LogP contribution >= 0.6 is 0 Å². The lowest BCUT2D eigenvalue weighted by Gasteiger charge is -2.38. The van der Waals surface area contributed by atoms with Gasteiger partial charge < -0.3 is 20.3 Å². The normalized spacial score (nSPS) is 22.9. The third-order valence-electron chi connectivity index (χ3n) is 3.81. The standard InChI is InChI=1S/C14H20N2O3/c15-12-2-3-13(17)11(8-12)9-16-5-1-4-14(10-16)18-6-7-19-14/h2-3,8,17H,1,4-7,9-10,15H2. The third kappa shape index (κ3) is 2.68. The highest BCUT2D eigenvalue weighted by Crippen LogP contribution is 2.31. The summed E-state index contributed by atoms with van der Waals surface area (Å²) in [7, 11) is 0. The SMILES string of the molecule is Nc1ccc(O)c(CN2CCCC3(C2)OCCO3)c1. The summed E-state index contributed by atoms with van der Waals surface area (Å²) in [5.74, 6) is -0.129. The summed E-state index contributed by atoms with van der Waals surface area (Å²) in [6.45, 7) is 3.77. The van der Waals surface area contributed by atoms with E-state index in [9.17, 15) is 5.11 Å². The molecule has 0 aliphatic carbocycles. The van der Waals surface area contributed by atoms with E-state index in [-0.39, 0.29) is 0 Å². The van der Waals surface area contributed by atoms with Crippen molar-refractivity contribution in [2.24, 2.45) is 0 Å². The minimum atomic E-state index is -0.422. The molecule has 0 radical (unpaired) electrons. The molecule has 5 heteroatoms. The highest BCUT2D eigenvalue weighted by molar-refractivity contribution is 5.47. The maximum Gasteiger partial charge on any atom is 0.181 e. The summed E-state index contributed by atoms with van der Waals surface area (Å²) >= 11 is 0. The van der Waals surface area contributed by atoms with Gasteiger partial charge in [-0.2, -0.15) is 0 Å². The van der Waals surface area contributed by atoms with E-state index in [4.69, 9.17) is 15.2 Å². The number of hydrogen-bond acceptors (Lipinski definition) is 5. The number of benzene rings is 1. The van der Waals surface area contributed by atoms with E-state index in [0.717, 1.165) is 31.5 Å². The van der Waals surface area contributed by atoms with Crippen molar-refractivity contribution in [2.75, 3.05) is 32.0 Å². The minimum Gasteiger partial charge on any atom is -0.508 e. The molecule has 104 valence electrons. The number of likely N-dealkylation sites (tertiary alicyclic amines) is 1. The molecule has 5 nitrogen and oxygen atoms in total. The molecule has 0 unspecified atom stereocenters. The summed E-state index contributed by atoms with van der Waals surface area (Å²) in [6, 6.07) is 5.18.